The summed E-state index contributed by atoms with van der Waals surface area (Å²) in [5.41, 5.74) is 0.187. The van der Waals surface area contributed by atoms with Gasteiger partial charge in [0.2, 0.25) is 6.29 Å². The molecule has 0 aromatic carbocycles. The molecular weight excluding hydrogens is 320 g/mol. The Labute approximate surface area is 141 Å². The second kappa shape index (κ2) is 10.4. The first-order chi connectivity index (χ1) is 11.7. The number of carbonyl (C=O) groups is 1. The molecule has 0 N–H and O–H groups in total. The molecule has 8 heteroatoms. The van der Waals surface area contributed by atoms with Crippen molar-refractivity contribution in [2.24, 2.45) is 0 Å². The Morgan fingerprint density at radius 1 is 0.875 bits per heavy atom. The molecule has 2 fully saturated rings. The molecule has 136 valence electrons. The summed E-state index contributed by atoms with van der Waals surface area (Å²) < 4.78 is 36.5. The highest BCUT2D eigenvalue weighted by Crippen LogP contribution is 2.14. The first kappa shape index (κ1) is 18.9. The molecule has 8 nitrogen and oxygen atoms in total. The van der Waals surface area contributed by atoms with Crippen LogP contribution in [0.4, 0.5) is 0 Å². The van der Waals surface area contributed by atoms with E-state index in [1.807, 2.05) is 0 Å². The van der Waals surface area contributed by atoms with Gasteiger partial charge in [-0.05, 0) is 12.8 Å². The SMILES string of the molecule is C=C(OCOCCCCOC(=O)C(=C)C1OCCO1)C1OCCO1. The van der Waals surface area contributed by atoms with E-state index in [4.69, 9.17) is 33.2 Å². The number of carbonyl (C=O) groups excluding carboxylic acids is 1. The van der Waals surface area contributed by atoms with Crippen molar-refractivity contribution in [2.45, 2.75) is 25.4 Å². The van der Waals surface area contributed by atoms with Crippen LogP contribution in [0.5, 0.6) is 0 Å². The lowest BCUT2D eigenvalue weighted by Gasteiger charge is -2.14. The van der Waals surface area contributed by atoms with E-state index in [1.54, 1.807) is 0 Å². The Morgan fingerprint density at radius 3 is 2.12 bits per heavy atom. The van der Waals surface area contributed by atoms with Crippen molar-refractivity contribution in [1.29, 1.82) is 0 Å². The van der Waals surface area contributed by atoms with E-state index in [0.29, 0.717) is 45.2 Å². The minimum absolute atomic E-state index is 0.0784. The van der Waals surface area contributed by atoms with E-state index >= 15 is 0 Å². The fraction of sp³-hybridized carbons (Fsp3) is 0.688. The van der Waals surface area contributed by atoms with Crippen LogP contribution < -0.4 is 0 Å². The van der Waals surface area contributed by atoms with Crippen LogP contribution in [0.1, 0.15) is 12.8 Å². The van der Waals surface area contributed by atoms with Crippen molar-refractivity contribution >= 4 is 5.97 Å². The molecule has 2 saturated heterocycles. The van der Waals surface area contributed by atoms with E-state index < -0.39 is 18.5 Å². The van der Waals surface area contributed by atoms with Crippen LogP contribution in [0.2, 0.25) is 0 Å². The summed E-state index contributed by atoms with van der Waals surface area (Å²) in [4.78, 5) is 11.7. The molecule has 0 amide bonds. The van der Waals surface area contributed by atoms with Gasteiger partial charge in [-0.1, -0.05) is 13.2 Å². The Bertz CT molecular complexity index is 424. The van der Waals surface area contributed by atoms with Crippen molar-refractivity contribution < 1.29 is 38.0 Å². The quantitative estimate of drug-likeness (QED) is 0.181. The molecule has 0 spiro atoms. The summed E-state index contributed by atoms with van der Waals surface area (Å²) in [6.45, 7) is 10.2. The van der Waals surface area contributed by atoms with Gasteiger partial charge in [0.25, 0.3) is 0 Å². The lowest BCUT2D eigenvalue weighted by molar-refractivity contribution is -0.143. The van der Waals surface area contributed by atoms with Gasteiger partial charge >= 0.3 is 5.97 Å². The molecule has 2 aliphatic heterocycles. The fourth-order valence-electron chi connectivity index (χ4n) is 2.01. The smallest absolute Gasteiger partial charge is 0.338 e. The van der Waals surface area contributed by atoms with Crippen LogP contribution in [-0.4, -0.2) is 65.0 Å². The van der Waals surface area contributed by atoms with Crippen molar-refractivity contribution in [1.82, 2.24) is 0 Å². The average molecular weight is 344 g/mol. The molecule has 2 aliphatic rings. The predicted octanol–water partition coefficient (Wildman–Crippen LogP) is 1.12. The van der Waals surface area contributed by atoms with Crippen molar-refractivity contribution in [3.8, 4) is 0 Å². The van der Waals surface area contributed by atoms with Crippen LogP contribution in [0.25, 0.3) is 0 Å². The van der Waals surface area contributed by atoms with E-state index in [-0.39, 0.29) is 19.0 Å². The van der Waals surface area contributed by atoms with Crippen molar-refractivity contribution in [3.05, 3.63) is 24.5 Å². The highest BCUT2D eigenvalue weighted by molar-refractivity contribution is 5.88. The molecule has 0 unspecified atom stereocenters. The van der Waals surface area contributed by atoms with Crippen LogP contribution in [0.3, 0.4) is 0 Å². The van der Waals surface area contributed by atoms with Gasteiger partial charge in [-0.3, -0.25) is 0 Å². The largest absolute Gasteiger partial charge is 0.467 e. The maximum Gasteiger partial charge on any atom is 0.338 e. The molecule has 24 heavy (non-hydrogen) atoms. The van der Waals surface area contributed by atoms with Crippen LogP contribution >= 0.6 is 0 Å². The third-order valence-corrected chi connectivity index (χ3v) is 3.30. The molecule has 0 bridgehead atoms. The molecule has 2 heterocycles. The Kier molecular flexibility index (Phi) is 8.20. The molecular formula is C16H24O8. The lowest BCUT2D eigenvalue weighted by atomic mass is 10.3. The van der Waals surface area contributed by atoms with Gasteiger partial charge in [0, 0.05) is 0 Å². The number of esters is 1. The van der Waals surface area contributed by atoms with Crippen molar-refractivity contribution in [2.75, 3.05) is 46.4 Å². The summed E-state index contributed by atoms with van der Waals surface area (Å²) in [5, 5.41) is 0. The summed E-state index contributed by atoms with van der Waals surface area (Å²) in [5.74, 6) is -0.102. The van der Waals surface area contributed by atoms with Crippen molar-refractivity contribution in [3.63, 3.8) is 0 Å². The first-order valence-electron chi connectivity index (χ1n) is 7.90. The van der Waals surface area contributed by atoms with Gasteiger partial charge < -0.3 is 33.2 Å². The van der Waals surface area contributed by atoms with E-state index in [2.05, 4.69) is 13.2 Å². The first-order valence-corrected chi connectivity index (χ1v) is 7.90. The maximum absolute atomic E-state index is 11.7. The van der Waals surface area contributed by atoms with E-state index in [0.717, 1.165) is 6.42 Å². The molecule has 2 rings (SSSR count). The Morgan fingerprint density at radius 2 is 1.46 bits per heavy atom. The predicted molar refractivity (Wildman–Crippen MR) is 81.8 cm³/mol. The zero-order valence-corrected chi connectivity index (χ0v) is 13.7. The number of hydrogen-bond acceptors (Lipinski definition) is 8. The van der Waals surface area contributed by atoms with Crippen LogP contribution in [-0.2, 0) is 38.0 Å². The minimum Gasteiger partial charge on any atom is -0.467 e. The third kappa shape index (κ3) is 6.21. The number of rotatable bonds is 11. The van der Waals surface area contributed by atoms with E-state index in [1.165, 1.54) is 0 Å². The van der Waals surface area contributed by atoms with E-state index in [9.17, 15) is 4.79 Å². The van der Waals surface area contributed by atoms with Gasteiger partial charge in [-0.25, -0.2) is 4.79 Å². The third-order valence-electron chi connectivity index (χ3n) is 3.30. The summed E-state index contributed by atoms with van der Waals surface area (Å²) in [6.07, 6.45) is 0.205. The Hall–Kier alpha value is -1.45. The number of hydrogen-bond donors (Lipinski definition) is 0. The monoisotopic (exact) mass is 344 g/mol. The Balaban J connectivity index is 1.41. The average Bonchev–Trinajstić information content (AvgIpc) is 3.29. The highest BCUT2D eigenvalue weighted by Gasteiger charge is 2.25. The number of unbranched alkanes of at least 4 members (excludes halogenated alkanes) is 1. The van der Waals surface area contributed by atoms with Gasteiger partial charge in [0.1, 0.15) is 5.76 Å². The zero-order valence-electron chi connectivity index (χ0n) is 13.7. The summed E-state index contributed by atoms with van der Waals surface area (Å²) >= 11 is 0. The molecule has 0 saturated carbocycles. The molecule has 0 radical (unpaired) electrons. The van der Waals surface area contributed by atoms with Gasteiger partial charge in [-0.15, -0.1) is 0 Å². The van der Waals surface area contributed by atoms with Gasteiger partial charge in [-0.2, -0.15) is 0 Å². The molecule has 0 aromatic rings. The van der Waals surface area contributed by atoms with Crippen LogP contribution in [0, 0.1) is 0 Å². The molecule has 0 aromatic heterocycles. The zero-order chi connectivity index (χ0) is 17.2. The topological polar surface area (TPSA) is 81.7 Å². The van der Waals surface area contributed by atoms with Crippen LogP contribution in [0.15, 0.2) is 24.5 Å². The van der Waals surface area contributed by atoms with Gasteiger partial charge in [0.05, 0.1) is 45.2 Å². The molecule has 0 aliphatic carbocycles. The maximum atomic E-state index is 11.7. The second-order valence-corrected chi connectivity index (χ2v) is 5.15. The normalized spacial score (nSPS) is 18.7. The summed E-state index contributed by atoms with van der Waals surface area (Å²) in [6, 6.07) is 0. The van der Waals surface area contributed by atoms with Gasteiger partial charge in [0.15, 0.2) is 13.1 Å². The second-order valence-electron chi connectivity index (χ2n) is 5.15. The summed E-state index contributed by atoms with van der Waals surface area (Å²) in [7, 11) is 0. The standard InChI is InChI=1S/C16H24O8/c1-12(15-20-7-8-21-15)14(17)19-6-4-3-5-18-11-24-13(2)16-22-9-10-23-16/h15-16H,1-11H2. The fourth-order valence-corrected chi connectivity index (χ4v) is 2.01. The minimum atomic E-state index is -0.682. The lowest BCUT2D eigenvalue weighted by Crippen LogP contribution is -2.20. The molecule has 0 atom stereocenters. The number of ether oxygens (including phenoxy) is 7. The highest BCUT2D eigenvalue weighted by atomic mass is 16.7.